The fourth-order valence-corrected chi connectivity index (χ4v) is 3.54. The zero-order chi connectivity index (χ0) is 17.6. The minimum absolute atomic E-state index is 0.0777. The molecule has 0 saturated heterocycles. The van der Waals surface area contributed by atoms with Crippen LogP contribution in [0.15, 0.2) is 71.6 Å². The SMILES string of the molecule is C=C(CO)CC(CNS(=O)(=O)c1ccc(C)cc1)c1ccccc1. The van der Waals surface area contributed by atoms with Crippen molar-refractivity contribution in [2.24, 2.45) is 0 Å². The van der Waals surface area contributed by atoms with Gasteiger partial charge in [0.2, 0.25) is 10.0 Å². The molecule has 24 heavy (non-hydrogen) atoms. The third-order valence-electron chi connectivity index (χ3n) is 3.88. The highest BCUT2D eigenvalue weighted by molar-refractivity contribution is 7.89. The molecule has 1 atom stereocenters. The summed E-state index contributed by atoms with van der Waals surface area (Å²) >= 11 is 0. The molecule has 0 saturated carbocycles. The van der Waals surface area contributed by atoms with Gasteiger partial charge in [-0.25, -0.2) is 13.1 Å². The lowest BCUT2D eigenvalue weighted by atomic mass is 9.93. The number of hydrogen-bond acceptors (Lipinski definition) is 3. The number of aliphatic hydroxyl groups excluding tert-OH is 1. The Balaban J connectivity index is 2.14. The zero-order valence-corrected chi connectivity index (χ0v) is 14.6. The van der Waals surface area contributed by atoms with Crippen LogP contribution >= 0.6 is 0 Å². The number of nitrogens with one attached hydrogen (secondary N) is 1. The molecule has 128 valence electrons. The second-order valence-electron chi connectivity index (χ2n) is 5.88. The van der Waals surface area contributed by atoms with Crippen LogP contribution in [0, 0.1) is 6.92 Å². The molecule has 0 spiro atoms. The van der Waals surface area contributed by atoms with Crippen molar-refractivity contribution in [3.05, 3.63) is 77.9 Å². The zero-order valence-electron chi connectivity index (χ0n) is 13.8. The standard InChI is InChI=1S/C19H23NO3S/c1-15-8-10-19(11-9-15)24(22,23)20-13-18(12-16(2)14-21)17-6-4-3-5-7-17/h3-11,18,20-21H,2,12-14H2,1H3. The topological polar surface area (TPSA) is 66.4 Å². The van der Waals surface area contributed by atoms with Gasteiger partial charge in [-0.2, -0.15) is 0 Å². The van der Waals surface area contributed by atoms with Crippen molar-refractivity contribution in [1.29, 1.82) is 0 Å². The lowest BCUT2D eigenvalue weighted by Gasteiger charge is -2.19. The monoisotopic (exact) mass is 345 g/mol. The van der Waals surface area contributed by atoms with E-state index in [4.69, 9.17) is 0 Å². The summed E-state index contributed by atoms with van der Waals surface area (Å²) in [5.74, 6) is -0.0777. The molecule has 2 aromatic rings. The summed E-state index contributed by atoms with van der Waals surface area (Å²) in [7, 11) is -3.56. The first kappa shape index (κ1) is 18.4. The number of rotatable bonds is 8. The first-order valence-electron chi connectivity index (χ1n) is 7.81. The first-order valence-corrected chi connectivity index (χ1v) is 9.29. The summed E-state index contributed by atoms with van der Waals surface area (Å²) in [5, 5.41) is 9.22. The minimum atomic E-state index is -3.56. The van der Waals surface area contributed by atoms with E-state index in [1.165, 1.54) is 0 Å². The number of hydrogen-bond donors (Lipinski definition) is 2. The Morgan fingerprint density at radius 1 is 1.12 bits per heavy atom. The van der Waals surface area contributed by atoms with Crippen LogP contribution in [-0.2, 0) is 10.0 Å². The molecule has 2 rings (SSSR count). The van der Waals surface area contributed by atoms with E-state index in [0.717, 1.165) is 11.1 Å². The van der Waals surface area contributed by atoms with Crippen molar-refractivity contribution in [3.63, 3.8) is 0 Å². The van der Waals surface area contributed by atoms with Gasteiger partial charge < -0.3 is 5.11 Å². The number of aliphatic hydroxyl groups is 1. The van der Waals surface area contributed by atoms with E-state index in [9.17, 15) is 13.5 Å². The molecule has 0 bridgehead atoms. The molecule has 0 aliphatic carbocycles. The van der Waals surface area contributed by atoms with Crippen LogP contribution in [-0.4, -0.2) is 26.7 Å². The van der Waals surface area contributed by atoms with Gasteiger partial charge in [-0.1, -0.05) is 60.2 Å². The Labute approximate surface area is 143 Å². The third kappa shape index (κ3) is 5.03. The van der Waals surface area contributed by atoms with E-state index in [2.05, 4.69) is 11.3 Å². The molecular formula is C19H23NO3S. The molecule has 0 fully saturated rings. The molecule has 0 aromatic heterocycles. The first-order chi connectivity index (χ1) is 11.4. The quantitative estimate of drug-likeness (QED) is 0.723. The molecular weight excluding hydrogens is 322 g/mol. The molecule has 0 aliphatic heterocycles. The summed E-state index contributed by atoms with van der Waals surface area (Å²) < 4.78 is 27.6. The average molecular weight is 345 g/mol. The molecule has 0 heterocycles. The molecule has 0 aliphatic rings. The number of benzene rings is 2. The largest absolute Gasteiger partial charge is 0.392 e. The molecule has 1 unspecified atom stereocenters. The van der Waals surface area contributed by atoms with E-state index in [0.29, 0.717) is 12.0 Å². The van der Waals surface area contributed by atoms with Gasteiger partial charge in [-0.15, -0.1) is 0 Å². The Bertz CT molecular complexity index is 768. The van der Waals surface area contributed by atoms with Gasteiger partial charge in [-0.05, 0) is 31.0 Å². The van der Waals surface area contributed by atoms with Gasteiger partial charge in [0.15, 0.2) is 0 Å². The lowest BCUT2D eigenvalue weighted by molar-refractivity contribution is 0.324. The van der Waals surface area contributed by atoms with Gasteiger partial charge in [0.1, 0.15) is 0 Å². The Morgan fingerprint density at radius 2 is 1.75 bits per heavy atom. The van der Waals surface area contributed by atoms with E-state index < -0.39 is 10.0 Å². The summed E-state index contributed by atoms with van der Waals surface area (Å²) in [4.78, 5) is 0.251. The van der Waals surface area contributed by atoms with Crippen LogP contribution < -0.4 is 4.72 Å². The second-order valence-corrected chi connectivity index (χ2v) is 7.65. The number of sulfonamides is 1. The Kier molecular flexibility index (Phi) is 6.31. The maximum Gasteiger partial charge on any atom is 0.240 e. The van der Waals surface area contributed by atoms with Crippen LogP contribution in [0.1, 0.15) is 23.5 Å². The van der Waals surface area contributed by atoms with Gasteiger partial charge >= 0.3 is 0 Å². The second kappa shape index (κ2) is 8.24. The maximum atomic E-state index is 12.5. The fraction of sp³-hybridized carbons (Fsp3) is 0.263. The molecule has 2 N–H and O–H groups in total. The van der Waals surface area contributed by atoms with Gasteiger partial charge in [-0.3, -0.25) is 0 Å². The molecule has 4 nitrogen and oxygen atoms in total. The average Bonchev–Trinajstić information content (AvgIpc) is 2.59. The van der Waals surface area contributed by atoms with Gasteiger partial charge in [0, 0.05) is 12.5 Å². The van der Waals surface area contributed by atoms with Gasteiger partial charge in [0.25, 0.3) is 0 Å². The summed E-state index contributed by atoms with van der Waals surface area (Å²) in [6.07, 6.45) is 0.525. The highest BCUT2D eigenvalue weighted by atomic mass is 32.2. The van der Waals surface area contributed by atoms with Crippen molar-refractivity contribution >= 4 is 10.0 Å². The fourth-order valence-electron chi connectivity index (χ4n) is 2.46. The van der Waals surface area contributed by atoms with Crippen LogP contribution in [0.2, 0.25) is 0 Å². The van der Waals surface area contributed by atoms with Crippen LogP contribution in [0.25, 0.3) is 0 Å². The maximum absolute atomic E-state index is 12.5. The van der Waals surface area contributed by atoms with E-state index in [-0.39, 0.29) is 24.0 Å². The van der Waals surface area contributed by atoms with Crippen LogP contribution in [0.3, 0.4) is 0 Å². The smallest absolute Gasteiger partial charge is 0.240 e. The van der Waals surface area contributed by atoms with Crippen molar-refractivity contribution in [2.75, 3.05) is 13.2 Å². The Morgan fingerprint density at radius 3 is 2.33 bits per heavy atom. The van der Waals surface area contributed by atoms with Gasteiger partial charge in [0.05, 0.1) is 11.5 Å². The van der Waals surface area contributed by atoms with Crippen LogP contribution in [0.4, 0.5) is 0 Å². The molecule has 0 radical (unpaired) electrons. The van der Waals surface area contributed by atoms with E-state index >= 15 is 0 Å². The number of aryl methyl sites for hydroxylation is 1. The highest BCUT2D eigenvalue weighted by Crippen LogP contribution is 2.23. The van der Waals surface area contributed by atoms with Crippen molar-refractivity contribution < 1.29 is 13.5 Å². The van der Waals surface area contributed by atoms with Crippen molar-refractivity contribution in [1.82, 2.24) is 4.72 Å². The summed E-state index contributed by atoms with van der Waals surface area (Å²) in [6.45, 7) is 5.88. The molecule has 2 aromatic carbocycles. The highest BCUT2D eigenvalue weighted by Gasteiger charge is 2.18. The normalized spacial score (nSPS) is 12.8. The van der Waals surface area contributed by atoms with E-state index in [1.807, 2.05) is 37.3 Å². The van der Waals surface area contributed by atoms with Crippen molar-refractivity contribution in [2.45, 2.75) is 24.2 Å². The van der Waals surface area contributed by atoms with Crippen molar-refractivity contribution in [3.8, 4) is 0 Å². The van der Waals surface area contributed by atoms with E-state index in [1.54, 1.807) is 24.3 Å². The lowest BCUT2D eigenvalue weighted by Crippen LogP contribution is -2.29. The molecule has 5 heteroatoms. The summed E-state index contributed by atoms with van der Waals surface area (Å²) in [5.41, 5.74) is 2.70. The van der Waals surface area contributed by atoms with Crippen LogP contribution in [0.5, 0.6) is 0 Å². The Hall–Kier alpha value is -1.95. The summed E-state index contributed by atoms with van der Waals surface area (Å²) in [6, 6.07) is 16.4. The molecule has 0 amide bonds. The minimum Gasteiger partial charge on any atom is -0.392 e. The predicted molar refractivity (Wildman–Crippen MR) is 96.4 cm³/mol. The third-order valence-corrected chi connectivity index (χ3v) is 5.32. The predicted octanol–water partition coefficient (Wildman–Crippen LogP) is 3.00.